The first-order chi connectivity index (χ1) is 10.2. The van der Waals surface area contributed by atoms with Gasteiger partial charge in [0.1, 0.15) is 13.1 Å². The van der Waals surface area contributed by atoms with Crippen LogP contribution >= 0.6 is 0 Å². The topological polar surface area (TPSA) is 101 Å². The normalized spacial score (nSPS) is 10.1. The van der Waals surface area contributed by atoms with E-state index in [4.69, 9.17) is 11.0 Å². The molecule has 0 radical (unpaired) electrons. The number of carbonyl (C=O) groups is 1. The number of amides is 1. The Bertz CT molecular complexity index is 630. The number of nitriles is 1. The van der Waals surface area contributed by atoms with Crippen molar-refractivity contribution >= 4 is 5.91 Å². The Kier molecular flexibility index (Phi) is 5.01. The minimum atomic E-state index is -0.186. The molecule has 0 saturated carbocycles. The molecule has 2 N–H and O–H groups in total. The molecule has 0 unspecified atom stereocenters. The second kappa shape index (κ2) is 7.17. The summed E-state index contributed by atoms with van der Waals surface area (Å²) in [5, 5.41) is 16.5. The van der Waals surface area contributed by atoms with E-state index in [9.17, 15) is 4.79 Å². The van der Waals surface area contributed by atoms with Crippen LogP contribution in [-0.4, -0.2) is 32.3 Å². The number of benzene rings is 1. The lowest BCUT2D eigenvalue weighted by Crippen LogP contribution is -2.34. The minimum absolute atomic E-state index is 0.0339. The number of nitrogens with zero attached hydrogens (tertiary/aromatic N) is 5. The van der Waals surface area contributed by atoms with Gasteiger partial charge in [-0.15, -0.1) is 5.10 Å². The van der Waals surface area contributed by atoms with Gasteiger partial charge >= 0.3 is 0 Å². The molecule has 1 amide bonds. The van der Waals surface area contributed by atoms with Crippen LogP contribution in [0.15, 0.2) is 36.5 Å². The zero-order valence-electron chi connectivity index (χ0n) is 11.5. The number of nitrogens with two attached hydrogens (primary N) is 1. The smallest absolute Gasteiger partial charge is 0.245 e. The van der Waals surface area contributed by atoms with Crippen LogP contribution in [0.3, 0.4) is 0 Å². The largest absolute Gasteiger partial charge is 0.325 e. The summed E-state index contributed by atoms with van der Waals surface area (Å²) in [5.41, 5.74) is 7.05. The number of hydrogen-bond donors (Lipinski definition) is 1. The SMILES string of the molecule is N#CCN(Cc1ccccc1)C(=O)Cn1cc(CN)nn1. The Morgan fingerprint density at radius 3 is 2.76 bits per heavy atom. The fraction of sp³-hybridized carbons (Fsp3) is 0.286. The zero-order chi connectivity index (χ0) is 15.1. The van der Waals surface area contributed by atoms with Crippen molar-refractivity contribution in [2.75, 3.05) is 6.54 Å². The molecular formula is C14H16N6O. The molecule has 1 heterocycles. The summed E-state index contributed by atoms with van der Waals surface area (Å²) in [5.74, 6) is -0.186. The van der Waals surface area contributed by atoms with Gasteiger partial charge in [-0.1, -0.05) is 35.5 Å². The minimum Gasteiger partial charge on any atom is -0.325 e. The van der Waals surface area contributed by atoms with Crippen molar-refractivity contribution in [1.82, 2.24) is 19.9 Å². The molecule has 21 heavy (non-hydrogen) atoms. The second-order valence-electron chi connectivity index (χ2n) is 4.51. The Morgan fingerprint density at radius 1 is 1.38 bits per heavy atom. The van der Waals surface area contributed by atoms with E-state index in [0.29, 0.717) is 12.2 Å². The molecule has 0 aliphatic heterocycles. The maximum absolute atomic E-state index is 12.3. The molecule has 7 heteroatoms. The third kappa shape index (κ3) is 4.12. The van der Waals surface area contributed by atoms with Gasteiger partial charge in [0.15, 0.2) is 0 Å². The summed E-state index contributed by atoms with van der Waals surface area (Å²) < 4.78 is 1.43. The first kappa shape index (κ1) is 14.7. The maximum atomic E-state index is 12.3. The van der Waals surface area contributed by atoms with Crippen molar-refractivity contribution in [1.29, 1.82) is 5.26 Å². The molecule has 1 aromatic carbocycles. The van der Waals surface area contributed by atoms with Gasteiger partial charge in [0.25, 0.3) is 0 Å². The van der Waals surface area contributed by atoms with Gasteiger partial charge in [0, 0.05) is 13.1 Å². The lowest BCUT2D eigenvalue weighted by molar-refractivity contribution is -0.132. The fourth-order valence-electron chi connectivity index (χ4n) is 1.87. The third-order valence-electron chi connectivity index (χ3n) is 2.92. The molecule has 7 nitrogen and oxygen atoms in total. The third-order valence-corrected chi connectivity index (χ3v) is 2.92. The van der Waals surface area contributed by atoms with Gasteiger partial charge in [0.05, 0.1) is 18.0 Å². The predicted octanol–water partition coefficient (Wildman–Crippen LogP) is 0.289. The quantitative estimate of drug-likeness (QED) is 0.768. The monoisotopic (exact) mass is 284 g/mol. The summed E-state index contributed by atoms with van der Waals surface area (Å²) in [6.45, 7) is 0.749. The highest BCUT2D eigenvalue weighted by molar-refractivity contribution is 5.76. The van der Waals surface area contributed by atoms with Crippen LogP contribution in [0.2, 0.25) is 0 Å². The van der Waals surface area contributed by atoms with Crippen molar-refractivity contribution in [3.8, 4) is 6.07 Å². The van der Waals surface area contributed by atoms with Gasteiger partial charge in [-0.2, -0.15) is 5.26 Å². The van der Waals surface area contributed by atoms with Crippen LogP contribution in [0, 0.1) is 11.3 Å². The summed E-state index contributed by atoms with van der Waals surface area (Å²) >= 11 is 0. The van der Waals surface area contributed by atoms with Crippen molar-refractivity contribution in [3.63, 3.8) is 0 Å². The molecule has 108 valence electrons. The molecule has 0 saturated heterocycles. The van der Waals surface area contributed by atoms with Crippen LogP contribution in [0.5, 0.6) is 0 Å². The molecule has 0 fully saturated rings. The van der Waals surface area contributed by atoms with Crippen molar-refractivity contribution in [2.24, 2.45) is 5.73 Å². The molecule has 0 aliphatic carbocycles. The van der Waals surface area contributed by atoms with Gasteiger partial charge < -0.3 is 10.6 Å². The van der Waals surface area contributed by atoms with E-state index >= 15 is 0 Å². The summed E-state index contributed by atoms with van der Waals surface area (Å²) in [7, 11) is 0. The standard InChI is InChI=1S/C14H16N6O/c15-6-7-19(9-12-4-2-1-3-5-12)14(21)11-20-10-13(8-16)17-18-20/h1-5,10H,7-9,11,16H2. The Hall–Kier alpha value is -2.72. The van der Waals surface area contributed by atoms with Crippen LogP contribution in [-0.2, 0) is 24.4 Å². The molecule has 0 bridgehead atoms. The van der Waals surface area contributed by atoms with E-state index in [2.05, 4.69) is 10.3 Å². The lowest BCUT2D eigenvalue weighted by Gasteiger charge is -2.19. The predicted molar refractivity (Wildman–Crippen MR) is 75.4 cm³/mol. The van der Waals surface area contributed by atoms with E-state index < -0.39 is 0 Å². The highest BCUT2D eigenvalue weighted by Gasteiger charge is 2.15. The lowest BCUT2D eigenvalue weighted by atomic mass is 10.2. The van der Waals surface area contributed by atoms with Crippen molar-refractivity contribution in [3.05, 3.63) is 47.8 Å². The maximum Gasteiger partial charge on any atom is 0.245 e. The van der Waals surface area contributed by atoms with E-state index in [0.717, 1.165) is 5.56 Å². The van der Waals surface area contributed by atoms with Gasteiger partial charge in [0.2, 0.25) is 5.91 Å². The highest BCUT2D eigenvalue weighted by Crippen LogP contribution is 2.05. The number of carbonyl (C=O) groups excluding carboxylic acids is 1. The highest BCUT2D eigenvalue weighted by atomic mass is 16.2. The first-order valence-electron chi connectivity index (χ1n) is 6.50. The zero-order valence-corrected chi connectivity index (χ0v) is 11.5. The number of aromatic nitrogens is 3. The molecule has 0 spiro atoms. The van der Waals surface area contributed by atoms with E-state index in [1.54, 1.807) is 6.20 Å². The molecule has 2 rings (SSSR count). The second-order valence-corrected chi connectivity index (χ2v) is 4.51. The van der Waals surface area contributed by atoms with Crippen LogP contribution < -0.4 is 5.73 Å². The average Bonchev–Trinajstić information content (AvgIpc) is 2.95. The average molecular weight is 284 g/mol. The summed E-state index contributed by atoms with van der Waals surface area (Å²) in [6.07, 6.45) is 1.63. The van der Waals surface area contributed by atoms with Crippen LogP contribution in [0.1, 0.15) is 11.3 Å². The summed E-state index contributed by atoms with van der Waals surface area (Å²) in [6, 6.07) is 11.5. The molecule has 1 aromatic heterocycles. The molecular weight excluding hydrogens is 268 g/mol. The Balaban J connectivity index is 2.03. The van der Waals surface area contributed by atoms with Gasteiger partial charge in [-0.3, -0.25) is 4.79 Å². The van der Waals surface area contributed by atoms with E-state index in [1.807, 2.05) is 36.4 Å². The number of rotatable bonds is 6. The van der Waals surface area contributed by atoms with Crippen LogP contribution in [0.25, 0.3) is 0 Å². The van der Waals surface area contributed by atoms with Crippen LogP contribution in [0.4, 0.5) is 0 Å². The van der Waals surface area contributed by atoms with Crippen molar-refractivity contribution in [2.45, 2.75) is 19.6 Å². The first-order valence-corrected chi connectivity index (χ1v) is 6.50. The van der Waals surface area contributed by atoms with Gasteiger partial charge in [-0.25, -0.2) is 4.68 Å². The summed E-state index contributed by atoms with van der Waals surface area (Å²) in [4.78, 5) is 13.7. The van der Waals surface area contributed by atoms with Gasteiger partial charge in [-0.05, 0) is 5.56 Å². The Labute approximate surface area is 122 Å². The number of hydrogen-bond acceptors (Lipinski definition) is 5. The molecule has 0 aliphatic rings. The van der Waals surface area contributed by atoms with Crippen molar-refractivity contribution < 1.29 is 4.79 Å². The molecule has 0 atom stereocenters. The Morgan fingerprint density at radius 2 is 2.14 bits per heavy atom. The fourth-order valence-corrected chi connectivity index (χ4v) is 1.87. The molecule has 2 aromatic rings. The van der Waals surface area contributed by atoms with E-state index in [-0.39, 0.29) is 25.5 Å². The van der Waals surface area contributed by atoms with E-state index in [1.165, 1.54) is 9.58 Å².